The molecule has 0 radical (unpaired) electrons. The van der Waals surface area contributed by atoms with Crippen molar-refractivity contribution in [1.82, 2.24) is 9.47 Å². The summed E-state index contributed by atoms with van der Waals surface area (Å²) in [5, 5.41) is 0. The van der Waals surface area contributed by atoms with Crippen LogP contribution in [0.3, 0.4) is 0 Å². The van der Waals surface area contributed by atoms with Gasteiger partial charge >= 0.3 is 12.3 Å². The first-order chi connectivity index (χ1) is 9.97. The molecular formula is C14H17F3N2O3. The van der Waals surface area contributed by atoms with E-state index >= 15 is 0 Å². The summed E-state index contributed by atoms with van der Waals surface area (Å²) in [7, 11) is 0. The quantitative estimate of drug-likeness (QED) is 0.739. The van der Waals surface area contributed by atoms with Gasteiger partial charge in [-0.25, -0.2) is 4.79 Å². The lowest BCUT2D eigenvalue weighted by Gasteiger charge is -2.32. The van der Waals surface area contributed by atoms with Crippen LogP contribution >= 0.6 is 0 Å². The molecule has 0 aliphatic carbocycles. The van der Waals surface area contributed by atoms with Crippen LogP contribution in [-0.2, 0) is 24.0 Å². The van der Waals surface area contributed by atoms with Gasteiger partial charge in [-0.05, 0) is 26.8 Å². The topological polar surface area (TPSA) is 51.5 Å². The van der Waals surface area contributed by atoms with Gasteiger partial charge < -0.3 is 14.2 Å². The highest BCUT2D eigenvalue weighted by atomic mass is 19.4. The molecule has 8 heteroatoms. The summed E-state index contributed by atoms with van der Waals surface area (Å²) in [6.45, 7) is 5.38. The second kappa shape index (κ2) is 5.33. The first kappa shape index (κ1) is 16.4. The predicted molar refractivity (Wildman–Crippen MR) is 72.3 cm³/mol. The summed E-state index contributed by atoms with van der Waals surface area (Å²) in [5.74, 6) is 0. The highest BCUT2D eigenvalue weighted by Crippen LogP contribution is 2.29. The highest BCUT2D eigenvalue weighted by molar-refractivity contribution is 5.68. The number of rotatable bonds is 0. The van der Waals surface area contributed by atoms with Crippen molar-refractivity contribution in [3.05, 3.63) is 33.7 Å². The lowest BCUT2D eigenvalue weighted by molar-refractivity contribution is -0.137. The Balaban J connectivity index is 2.28. The van der Waals surface area contributed by atoms with E-state index in [0.29, 0.717) is 6.07 Å². The summed E-state index contributed by atoms with van der Waals surface area (Å²) >= 11 is 0. The van der Waals surface area contributed by atoms with E-state index in [1.807, 2.05) is 0 Å². The molecular weight excluding hydrogens is 301 g/mol. The van der Waals surface area contributed by atoms with E-state index in [2.05, 4.69) is 0 Å². The molecule has 2 heterocycles. The van der Waals surface area contributed by atoms with Crippen LogP contribution < -0.4 is 5.56 Å². The fourth-order valence-electron chi connectivity index (χ4n) is 2.18. The fourth-order valence-corrected chi connectivity index (χ4v) is 2.18. The Bertz CT molecular complexity index is 644. The lowest BCUT2D eigenvalue weighted by Crippen LogP contribution is -2.44. The number of carbonyl (C=O) groups excluding carboxylic acids is 1. The van der Waals surface area contributed by atoms with E-state index in [1.54, 1.807) is 20.8 Å². The molecule has 0 atom stereocenters. The van der Waals surface area contributed by atoms with Crippen LogP contribution in [0.1, 0.15) is 32.0 Å². The first-order valence-corrected chi connectivity index (χ1v) is 6.76. The number of nitrogens with zero attached hydrogens (tertiary/aromatic N) is 2. The van der Waals surface area contributed by atoms with Crippen molar-refractivity contribution in [1.29, 1.82) is 0 Å². The minimum absolute atomic E-state index is 0.0892. The number of pyridine rings is 1. The average Bonchev–Trinajstić information content (AvgIpc) is 2.34. The van der Waals surface area contributed by atoms with Gasteiger partial charge in [-0.3, -0.25) is 4.79 Å². The van der Waals surface area contributed by atoms with Crippen molar-refractivity contribution < 1.29 is 22.7 Å². The van der Waals surface area contributed by atoms with E-state index in [-0.39, 0.29) is 25.3 Å². The lowest BCUT2D eigenvalue weighted by atomic mass is 10.1. The number of amides is 1. The number of ether oxygens (including phenoxy) is 1. The molecule has 0 fully saturated rings. The normalized spacial score (nSPS) is 15.5. The largest absolute Gasteiger partial charge is 0.444 e. The number of aromatic nitrogens is 1. The third-order valence-electron chi connectivity index (χ3n) is 3.14. The molecule has 0 saturated carbocycles. The van der Waals surface area contributed by atoms with Crippen molar-refractivity contribution in [2.45, 2.75) is 45.6 Å². The minimum Gasteiger partial charge on any atom is -0.444 e. The maximum atomic E-state index is 12.8. The summed E-state index contributed by atoms with van der Waals surface area (Å²) < 4.78 is 44.7. The van der Waals surface area contributed by atoms with Crippen molar-refractivity contribution in [2.75, 3.05) is 6.54 Å². The molecule has 2 rings (SSSR count). The summed E-state index contributed by atoms with van der Waals surface area (Å²) in [6, 6.07) is 1.48. The highest BCUT2D eigenvalue weighted by Gasteiger charge is 2.33. The number of alkyl halides is 3. The number of halogens is 3. The Labute approximate surface area is 125 Å². The molecule has 0 N–H and O–H groups in total. The average molecular weight is 318 g/mol. The minimum atomic E-state index is -4.59. The number of hydrogen-bond acceptors (Lipinski definition) is 3. The Kier molecular flexibility index (Phi) is 3.97. The molecule has 1 amide bonds. The predicted octanol–water partition coefficient (Wildman–Crippen LogP) is 2.62. The number of carbonyl (C=O) groups is 1. The maximum absolute atomic E-state index is 12.8. The first-order valence-electron chi connectivity index (χ1n) is 6.76. The molecule has 0 unspecified atom stereocenters. The van der Waals surface area contributed by atoms with Gasteiger partial charge in [0.1, 0.15) is 5.60 Å². The van der Waals surface area contributed by atoms with Gasteiger partial charge in [0.25, 0.3) is 5.56 Å². The monoisotopic (exact) mass is 318 g/mol. The molecule has 0 bridgehead atoms. The van der Waals surface area contributed by atoms with Crippen LogP contribution in [0, 0.1) is 0 Å². The van der Waals surface area contributed by atoms with Crippen LogP contribution in [0.5, 0.6) is 0 Å². The van der Waals surface area contributed by atoms with Crippen LogP contribution in [0.2, 0.25) is 0 Å². The van der Waals surface area contributed by atoms with E-state index in [4.69, 9.17) is 4.74 Å². The Morgan fingerprint density at radius 3 is 2.36 bits per heavy atom. The second-order valence-corrected chi connectivity index (χ2v) is 6.12. The molecule has 1 aliphatic heterocycles. The molecule has 122 valence electrons. The van der Waals surface area contributed by atoms with Gasteiger partial charge in [0, 0.05) is 24.8 Å². The van der Waals surface area contributed by atoms with Crippen molar-refractivity contribution in [3.63, 3.8) is 0 Å². The van der Waals surface area contributed by atoms with Gasteiger partial charge in [-0.15, -0.1) is 0 Å². The summed E-state index contributed by atoms with van der Waals surface area (Å²) in [4.78, 5) is 25.0. The Hall–Kier alpha value is -1.99. The van der Waals surface area contributed by atoms with E-state index in [1.165, 1.54) is 9.47 Å². The third-order valence-corrected chi connectivity index (χ3v) is 3.14. The van der Waals surface area contributed by atoms with Gasteiger partial charge in [0.05, 0.1) is 12.1 Å². The molecule has 1 aromatic heterocycles. The van der Waals surface area contributed by atoms with E-state index < -0.39 is 29.0 Å². The molecule has 0 aromatic carbocycles. The molecule has 0 spiro atoms. The van der Waals surface area contributed by atoms with E-state index in [9.17, 15) is 22.8 Å². The standard InChI is InChI=1S/C14H17F3N2O3/c1-13(2,3)22-12(21)18-4-5-19-10(8-18)6-9(7-11(19)20)14(15,16)17/h6-7H,4-5,8H2,1-3H3. The van der Waals surface area contributed by atoms with Crippen molar-refractivity contribution >= 4 is 6.09 Å². The summed E-state index contributed by atoms with van der Waals surface area (Å²) in [5.41, 5.74) is -2.26. The van der Waals surface area contributed by atoms with Crippen LogP contribution in [0.15, 0.2) is 16.9 Å². The number of fused-ring (bicyclic) bond motifs is 1. The smallest absolute Gasteiger partial charge is 0.416 e. The number of hydrogen-bond donors (Lipinski definition) is 0. The molecule has 1 aliphatic rings. The summed E-state index contributed by atoms with van der Waals surface area (Å²) in [6.07, 6.45) is -5.20. The Morgan fingerprint density at radius 2 is 1.82 bits per heavy atom. The zero-order chi connectivity index (χ0) is 16.7. The van der Waals surface area contributed by atoms with Gasteiger partial charge in [-0.2, -0.15) is 13.2 Å². The third kappa shape index (κ3) is 3.61. The van der Waals surface area contributed by atoms with Gasteiger partial charge in [0.2, 0.25) is 0 Å². The fraction of sp³-hybridized carbons (Fsp3) is 0.571. The van der Waals surface area contributed by atoms with Crippen molar-refractivity contribution in [3.8, 4) is 0 Å². The molecule has 1 aromatic rings. The molecule has 22 heavy (non-hydrogen) atoms. The van der Waals surface area contributed by atoms with Crippen LogP contribution in [-0.4, -0.2) is 27.7 Å². The SMILES string of the molecule is CC(C)(C)OC(=O)N1CCn2c(cc(C(F)(F)F)cc2=O)C1. The van der Waals surface area contributed by atoms with Crippen LogP contribution in [0.4, 0.5) is 18.0 Å². The zero-order valence-electron chi connectivity index (χ0n) is 12.5. The van der Waals surface area contributed by atoms with Gasteiger partial charge in [-0.1, -0.05) is 0 Å². The maximum Gasteiger partial charge on any atom is 0.416 e. The van der Waals surface area contributed by atoms with Gasteiger partial charge in [0.15, 0.2) is 0 Å². The molecule has 0 saturated heterocycles. The van der Waals surface area contributed by atoms with E-state index in [0.717, 1.165) is 6.07 Å². The second-order valence-electron chi connectivity index (χ2n) is 6.12. The molecule has 5 nitrogen and oxygen atoms in total. The van der Waals surface area contributed by atoms with Crippen molar-refractivity contribution in [2.24, 2.45) is 0 Å². The van der Waals surface area contributed by atoms with Crippen LogP contribution in [0.25, 0.3) is 0 Å². The zero-order valence-corrected chi connectivity index (χ0v) is 12.5. The Morgan fingerprint density at radius 1 is 1.18 bits per heavy atom.